The van der Waals surface area contributed by atoms with Crippen LogP contribution in [0, 0.1) is 5.41 Å². The van der Waals surface area contributed by atoms with Crippen molar-refractivity contribution in [2.24, 2.45) is 5.41 Å². The molecule has 3 rings (SSSR count). The topological polar surface area (TPSA) is 74.6 Å². The quantitative estimate of drug-likeness (QED) is 0.767. The fraction of sp³-hybridized carbons (Fsp3) is 0.529. The average molecular weight is 323 g/mol. The van der Waals surface area contributed by atoms with Crippen LogP contribution in [0.15, 0.2) is 33.9 Å². The maximum absolute atomic E-state index is 12.7. The number of rotatable bonds is 2. The molecule has 0 aromatic carbocycles. The van der Waals surface area contributed by atoms with Gasteiger partial charge in [-0.05, 0) is 63.3 Å². The second-order valence-corrected chi connectivity index (χ2v) is 7.66. The number of allylic oxidation sites excluding steroid dienone is 3. The van der Waals surface area contributed by atoms with E-state index in [9.17, 15) is 19.8 Å². The number of fused-ring (bicyclic) bond motifs is 1. The number of Topliss-reactive ketones (excluding diaryl/α,β-unsaturated/α-hetero) is 1. The summed E-state index contributed by atoms with van der Waals surface area (Å²) in [7, 11) is 0. The fourth-order valence-electron chi connectivity index (χ4n) is 4.04. The minimum Gasteiger partial charge on any atom is -0.480 e. The molecule has 3 aliphatic carbocycles. The number of carbonyl (C=O) groups is 2. The van der Waals surface area contributed by atoms with E-state index in [0.29, 0.717) is 22.3 Å². The summed E-state index contributed by atoms with van der Waals surface area (Å²) in [5.41, 5.74) is 1.04. The number of hydrogen-bond donors (Lipinski definition) is 2. The summed E-state index contributed by atoms with van der Waals surface area (Å²) in [6.07, 6.45) is 3.11. The van der Waals surface area contributed by atoms with Crippen LogP contribution in [0.5, 0.6) is 0 Å². The zero-order valence-corrected chi connectivity index (χ0v) is 13.8. The highest BCUT2D eigenvalue weighted by atomic mass is 35.5. The van der Waals surface area contributed by atoms with E-state index in [1.54, 1.807) is 19.9 Å². The van der Waals surface area contributed by atoms with Crippen LogP contribution in [0.1, 0.15) is 40.5 Å². The van der Waals surface area contributed by atoms with E-state index in [0.717, 1.165) is 18.4 Å². The number of aliphatic hydroxyl groups is 1. The lowest BCUT2D eigenvalue weighted by molar-refractivity contribution is -0.139. The Bertz CT molecular complexity index is 715. The number of carboxylic acid groups (broad SMARTS) is 1. The highest BCUT2D eigenvalue weighted by Gasteiger charge is 2.65. The van der Waals surface area contributed by atoms with Gasteiger partial charge in [0.1, 0.15) is 5.60 Å². The van der Waals surface area contributed by atoms with Gasteiger partial charge >= 0.3 is 5.97 Å². The van der Waals surface area contributed by atoms with Gasteiger partial charge in [0.15, 0.2) is 10.7 Å². The van der Waals surface area contributed by atoms with Crippen LogP contribution in [0.25, 0.3) is 0 Å². The van der Waals surface area contributed by atoms with Crippen molar-refractivity contribution in [1.82, 2.24) is 0 Å². The number of aliphatic carboxylic acids is 1. The molecule has 1 fully saturated rings. The Hall–Kier alpha value is -1.39. The number of carboxylic acids is 1. The standard InChI is InChI=1S/C17H19ClO4/c1-8-7-10-11(12(8)15(3,18)14(20)21)9(2)17(5-6-17)16(4,22)13(10)19/h7,22H,5-6H2,1-4H3,(H,20,21)/t15-,16?/m1/s1. The van der Waals surface area contributed by atoms with Crippen molar-refractivity contribution in [1.29, 1.82) is 0 Å². The van der Waals surface area contributed by atoms with Gasteiger partial charge in [-0.15, -0.1) is 11.6 Å². The van der Waals surface area contributed by atoms with Crippen molar-refractivity contribution in [2.45, 2.75) is 51.0 Å². The molecule has 22 heavy (non-hydrogen) atoms. The first-order valence-corrected chi connectivity index (χ1v) is 7.71. The van der Waals surface area contributed by atoms with Gasteiger partial charge < -0.3 is 10.2 Å². The van der Waals surface area contributed by atoms with Crippen LogP contribution in [-0.2, 0) is 9.59 Å². The van der Waals surface area contributed by atoms with E-state index in [1.165, 1.54) is 6.92 Å². The molecule has 0 amide bonds. The summed E-state index contributed by atoms with van der Waals surface area (Å²) in [4.78, 5) is 22.7. The maximum Gasteiger partial charge on any atom is 0.329 e. The highest BCUT2D eigenvalue weighted by molar-refractivity contribution is 6.36. The fourth-order valence-corrected chi connectivity index (χ4v) is 4.29. The predicted octanol–water partition coefficient (Wildman–Crippen LogP) is 2.76. The normalized spacial score (nSPS) is 32.1. The molecule has 0 aromatic heterocycles. The van der Waals surface area contributed by atoms with Crippen LogP contribution in [-0.4, -0.2) is 32.4 Å². The average Bonchev–Trinajstić information content (AvgIpc) is 3.14. The van der Waals surface area contributed by atoms with Crippen molar-refractivity contribution in [3.05, 3.63) is 33.9 Å². The number of halogens is 1. The molecule has 1 spiro atoms. The zero-order chi connectivity index (χ0) is 16.7. The number of hydrogen-bond acceptors (Lipinski definition) is 3. The second-order valence-electron chi connectivity index (χ2n) is 6.91. The summed E-state index contributed by atoms with van der Waals surface area (Å²) >= 11 is 6.29. The van der Waals surface area contributed by atoms with Crippen LogP contribution in [0.3, 0.4) is 0 Å². The number of ketones is 1. The Morgan fingerprint density at radius 3 is 2.36 bits per heavy atom. The molecular weight excluding hydrogens is 304 g/mol. The first kappa shape index (κ1) is 15.5. The van der Waals surface area contributed by atoms with Crippen LogP contribution in [0.2, 0.25) is 0 Å². The third kappa shape index (κ3) is 1.57. The smallest absolute Gasteiger partial charge is 0.329 e. The number of carbonyl (C=O) groups excluding carboxylic acids is 1. The molecule has 1 saturated carbocycles. The monoisotopic (exact) mass is 322 g/mol. The molecular formula is C17H19ClO4. The first-order valence-electron chi connectivity index (χ1n) is 7.33. The molecule has 0 aliphatic heterocycles. The minimum atomic E-state index is -1.60. The largest absolute Gasteiger partial charge is 0.480 e. The summed E-state index contributed by atoms with van der Waals surface area (Å²) in [6, 6.07) is 0. The molecule has 0 aromatic rings. The third-order valence-electron chi connectivity index (χ3n) is 5.61. The van der Waals surface area contributed by atoms with Crippen molar-refractivity contribution in [2.75, 3.05) is 0 Å². The lowest BCUT2D eigenvalue weighted by atomic mass is 9.66. The van der Waals surface area contributed by atoms with Crippen LogP contribution < -0.4 is 0 Å². The molecule has 0 heterocycles. The Balaban J connectivity index is 2.28. The lowest BCUT2D eigenvalue weighted by Crippen LogP contribution is -2.50. The van der Waals surface area contributed by atoms with Gasteiger partial charge in [0.25, 0.3) is 0 Å². The van der Waals surface area contributed by atoms with Crippen molar-refractivity contribution in [3.8, 4) is 0 Å². The van der Waals surface area contributed by atoms with E-state index in [2.05, 4.69) is 0 Å². The molecule has 1 unspecified atom stereocenters. The van der Waals surface area contributed by atoms with Gasteiger partial charge in [-0.3, -0.25) is 4.79 Å². The van der Waals surface area contributed by atoms with Crippen LogP contribution >= 0.6 is 11.6 Å². The Labute approximate surface area is 134 Å². The molecule has 3 aliphatic rings. The molecule has 4 nitrogen and oxygen atoms in total. The van der Waals surface area contributed by atoms with E-state index in [-0.39, 0.29) is 5.78 Å². The Kier molecular flexibility index (Phi) is 2.90. The van der Waals surface area contributed by atoms with Gasteiger partial charge in [-0.2, -0.15) is 0 Å². The molecule has 118 valence electrons. The summed E-state index contributed by atoms with van der Waals surface area (Å²) in [6.45, 7) is 6.63. The first-order chi connectivity index (χ1) is 9.98. The zero-order valence-electron chi connectivity index (χ0n) is 13.1. The third-order valence-corrected chi connectivity index (χ3v) is 5.96. The Morgan fingerprint density at radius 2 is 1.91 bits per heavy atom. The van der Waals surface area contributed by atoms with Crippen molar-refractivity contribution in [3.63, 3.8) is 0 Å². The van der Waals surface area contributed by atoms with Gasteiger partial charge in [0.05, 0.1) is 0 Å². The second kappa shape index (κ2) is 4.12. The molecule has 2 atom stereocenters. The van der Waals surface area contributed by atoms with Gasteiger partial charge in [-0.1, -0.05) is 5.57 Å². The summed E-state index contributed by atoms with van der Waals surface area (Å²) in [5, 5.41) is 20.2. The van der Waals surface area contributed by atoms with E-state index < -0.39 is 21.9 Å². The maximum atomic E-state index is 12.7. The lowest BCUT2D eigenvalue weighted by Gasteiger charge is -2.40. The predicted molar refractivity (Wildman–Crippen MR) is 82.7 cm³/mol. The summed E-state index contributed by atoms with van der Waals surface area (Å²) < 4.78 is 0. The molecule has 5 heteroatoms. The number of alkyl halides is 1. The SMILES string of the molecule is CC1=C([C@@](C)(Cl)C(=O)O)C2=C(C)C3(CC3)C(C)(O)C(=O)C2=C1. The van der Waals surface area contributed by atoms with Gasteiger partial charge in [0.2, 0.25) is 0 Å². The van der Waals surface area contributed by atoms with Crippen molar-refractivity contribution < 1.29 is 19.8 Å². The molecule has 0 bridgehead atoms. The van der Waals surface area contributed by atoms with Crippen LogP contribution in [0.4, 0.5) is 0 Å². The van der Waals surface area contributed by atoms with E-state index >= 15 is 0 Å². The highest BCUT2D eigenvalue weighted by Crippen LogP contribution is 2.65. The minimum absolute atomic E-state index is 0.335. The molecule has 0 radical (unpaired) electrons. The van der Waals surface area contributed by atoms with Crippen molar-refractivity contribution >= 4 is 23.4 Å². The Morgan fingerprint density at radius 1 is 1.36 bits per heavy atom. The van der Waals surface area contributed by atoms with Gasteiger partial charge in [-0.25, -0.2) is 4.79 Å². The summed E-state index contributed by atoms with van der Waals surface area (Å²) in [5.74, 6) is -1.48. The van der Waals surface area contributed by atoms with E-state index in [4.69, 9.17) is 11.6 Å². The molecule has 2 N–H and O–H groups in total. The van der Waals surface area contributed by atoms with E-state index in [1.807, 2.05) is 6.92 Å². The van der Waals surface area contributed by atoms with Gasteiger partial charge in [0, 0.05) is 11.0 Å². The molecule has 0 saturated heterocycles.